The third kappa shape index (κ3) is 2.70. The molecule has 1 aliphatic rings. The lowest BCUT2D eigenvalue weighted by Crippen LogP contribution is -2.07. The molecule has 1 aromatic rings. The third-order valence-corrected chi connectivity index (χ3v) is 3.21. The maximum atomic E-state index is 5.98. The van der Waals surface area contributed by atoms with Crippen LogP contribution in [0.4, 0.5) is 0 Å². The third-order valence-electron chi connectivity index (χ3n) is 2.41. The van der Waals surface area contributed by atoms with E-state index in [1.165, 1.54) is 0 Å². The first-order valence-electron chi connectivity index (χ1n) is 5.05. The topological polar surface area (TPSA) is 21.8 Å². The van der Waals surface area contributed by atoms with Crippen LogP contribution in [0.1, 0.15) is 6.42 Å². The Morgan fingerprint density at radius 2 is 2.19 bits per heavy atom. The Hall–Kier alpha value is -0.700. The van der Waals surface area contributed by atoms with Crippen molar-refractivity contribution in [2.45, 2.75) is 18.6 Å². The molecule has 0 radical (unpaired) electrons. The zero-order chi connectivity index (χ0) is 11.5. The maximum Gasteiger partial charge on any atom is 0.139 e. The summed E-state index contributed by atoms with van der Waals surface area (Å²) in [6, 6.07) is 5.32. The zero-order valence-corrected chi connectivity index (χ0v) is 10.2. The summed E-state index contributed by atoms with van der Waals surface area (Å²) in [5, 5.41) is 0.948. The van der Waals surface area contributed by atoms with Gasteiger partial charge in [-0.15, -0.1) is 6.58 Å². The molecular weight excluding hydrogens is 247 g/mol. The molecule has 16 heavy (non-hydrogen) atoms. The molecule has 0 amide bonds. The van der Waals surface area contributed by atoms with Gasteiger partial charge in [-0.3, -0.25) is 0 Å². The Morgan fingerprint density at radius 3 is 2.94 bits per heavy atom. The van der Waals surface area contributed by atoms with Gasteiger partial charge in [0.1, 0.15) is 23.5 Å². The van der Waals surface area contributed by atoms with Gasteiger partial charge >= 0.3 is 0 Å². The molecule has 1 aliphatic heterocycles. The summed E-state index contributed by atoms with van der Waals surface area (Å²) in [6.45, 7) is 4.16. The predicted octanol–water partition coefficient (Wildman–Crippen LogP) is 3.72. The van der Waals surface area contributed by atoms with Crippen LogP contribution >= 0.6 is 23.2 Å². The van der Waals surface area contributed by atoms with E-state index in [0.29, 0.717) is 22.4 Å². The molecule has 1 aromatic carbocycles. The van der Waals surface area contributed by atoms with Crippen molar-refractivity contribution >= 4 is 23.2 Å². The van der Waals surface area contributed by atoms with Gasteiger partial charge in [-0.2, -0.15) is 0 Å². The Kier molecular flexibility index (Phi) is 3.74. The standard InChI is InChI=1S/C12H12Cl2O2/c1-2-4-9-11(16-9)7-15-10-6-3-5-8(13)12(10)14/h2-3,5-6,9,11H,1,4,7H2. The SMILES string of the molecule is C=CCC1OC1COc1cccc(Cl)c1Cl. The minimum Gasteiger partial charge on any atom is -0.489 e. The minimum absolute atomic E-state index is 0.146. The summed E-state index contributed by atoms with van der Waals surface area (Å²) >= 11 is 11.8. The van der Waals surface area contributed by atoms with Crippen LogP contribution in [0.15, 0.2) is 30.9 Å². The summed E-state index contributed by atoms with van der Waals surface area (Å²) in [6.07, 6.45) is 3.09. The van der Waals surface area contributed by atoms with Gasteiger partial charge in [0.15, 0.2) is 0 Å². The van der Waals surface area contributed by atoms with Crippen molar-refractivity contribution in [2.24, 2.45) is 0 Å². The Bertz CT molecular complexity index is 393. The van der Waals surface area contributed by atoms with E-state index < -0.39 is 0 Å². The van der Waals surface area contributed by atoms with Gasteiger partial charge in [0.05, 0.1) is 11.1 Å². The first-order chi connectivity index (χ1) is 7.72. The van der Waals surface area contributed by atoms with Crippen molar-refractivity contribution in [3.63, 3.8) is 0 Å². The molecule has 2 nitrogen and oxygen atoms in total. The van der Waals surface area contributed by atoms with E-state index in [1.54, 1.807) is 18.2 Å². The Morgan fingerprint density at radius 1 is 1.38 bits per heavy atom. The molecule has 86 valence electrons. The van der Waals surface area contributed by atoms with Crippen LogP contribution in [0, 0.1) is 0 Å². The number of epoxide rings is 1. The quantitative estimate of drug-likeness (QED) is 0.593. The fourth-order valence-electron chi connectivity index (χ4n) is 1.46. The molecule has 1 fully saturated rings. The average Bonchev–Trinajstić information content (AvgIpc) is 3.00. The van der Waals surface area contributed by atoms with Gasteiger partial charge in [-0.25, -0.2) is 0 Å². The van der Waals surface area contributed by atoms with Crippen molar-refractivity contribution in [2.75, 3.05) is 6.61 Å². The second-order valence-corrected chi connectivity index (χ2v) is 4.39. The van der Waals surface area contributed by atoms with E-state index >= 15 is 0 Å². The van der Waals surface area contributed by atoms with E-state index in [9.17, 15) is 0 Å². The van der Waals surface area contributed by atoms with E-state index in [4.69, 9.17) is 32.7 Å². The maximum absolute atomic E-state index is 5.98. The summed E-state index contributed by atoms with van der Waals surface area (Å²) in [5.74, 6) is 0.599. The monoisotopic (exact) mass is 258 g/mol. The summed E-state index contributed by atoms with van der Waals surface area (Å²) in [4.78, 5) is 0. The second-order valence-electron chi connectivity index (χ2n) is 3.60. The Balaban J connectivity index is 1.86. The molecular formula is C12H12Cl2O2. The van der Waals surface area contributed by atoms with E-state index in [-0.39, 0.29) is 12.2 Å². The van der Waals surface area contributed by atoms with E-state index in [1.807, 2.05) is 6.08 Å². The molecule has 2 rings (SSSR count). The number of hydrogen-bond donors (Lipinski definition) is 0. The molecule has 0 aromatic heterocycles. The highest BCUT2D eigenvalue weighted by atomic mass is 35.5. The first-order valence-corrected chi connectivity index (χ1v) is 5.81. The summed E-state index contributed by atoms with van der Waals surface area (Å²) in [7, 11) is 0. The molecule has 0 aliphatic carbocycles. The lowest BCUT2D eigenvalue weighted by Gasteiger charge is -2.06. The van der Waals surface area contributed by atoms with Gasteiger partial charge < -0.3 is 9.47 Å². The number of ether oxygens (including phenoxy) is 2. The number of hydrogen-bond acceptors (Lipinski definition) is 2. The first kappa shape index (κ1) is 11.8. The van der Waals surface area contributed by atoms with Crippen LogP contribution in [0.2, 0.25) is 10.0 Å². The fraction of sp³-hybridized carbons (Fsp3) is 0.333. The van der Waals surface area contributed by atoms with Crippen molar-refractivity contribution in [3.8, 4) is 5.75 Å². The largest absolute Gasteiger partial charge is 0.489 e. The van der Waals surface area contributed by atoms with Crippen LogP contribution in [0.5, 0.6) is 5.75 Å². The molecule has 1 heterocycles. The van der Waals surface area contributed by atoms with Crippen molar-refractivity contribution in [3.05, 3.63) is 40.9 Å². The summed E-state index contributed by atoms with van der Waals surface area (Å²) in [5.41, 5.74) is 0. The van der Waals surface area contributed by atoms with E-state index in [2.05, 4.69) is 6.58 Å². The second kappa shape index (κ2) is 5.09. The van der Waals surface area contributed by atoms with Gasteiger partial charge in [-0.05, 0) is 18.6 Å². The van der Waals surface area contributed by atoms with Crippen LogP contribution in [-0.2, 0) is 4.74 Å². The van der Waals surface area contributed by atoms with Gasteiger partial charge in [0, 0.05) is 0 Å². The van der Waals surface area contributed by atoms with Crippen molar-refractivity contribution < 1.29 is 9.47 Å². The molecule has 0 spiro atoms. The van der Waals surface area contributed by atoms with E-state index in [0.717, 1.165) is 6.42 Å². The highest BCUT2D eigenvalue weighted by Gasteiger charge is 2.38. The van der Waals surface area contributed by atoms with Crippen LogP contribution in [-0.4, -0.2) is 18.8 Å². The molecule has 2 unspecified atom stereocenters. The lowest BCUT2D eigenvalue weighted by molar-refractivity contribution is 0.260. The van der Waals surface area contributed by atoms with Crippen LogP contribution < -0.4 is 4.74 Å². The molecule has 0 bridgehead atoms. The molecule has 0 saturated carbocycles. The molecule has 2 atom stereocenters. The number of halogens is 2. The average molecular weight is 259 g/mol. The highest BCUT2D eigenvalue weighted by molar-refractivity contribution is 6.42. The Labute approximate surface area is 105 Å². The lowest BCUT2D eigenvalue weighted by atomic mass is 10.2. The smallest absolute Gasteiger partial charge is 0.139 e. The minimum atomic E-state index is 0.146. The van der Waals surface area contributed by atoms with Gasteiger partial charge in [0.25, 0.3) is 0 Å². The highest BCUT2D eigenvalue weighted by Crippen LogP contribution is 2.33. The predicted molar refractivity (Wildman–Crippen MR) is 65.4 cm³/mol. The van der Waals surface area contributed by atoms with Crippen LogP contribution in [0.25, 0.3) is 0 Å². The van der Waals surface area contributed by atoms with Gasteiger partial charge in [0.2, 0.25) is 0 Å². The fourth-order valence-corrected chi connectivity index (χ4v) is 1.81. The van der Waals surface area contributed by atoms with Crippen molar-refractivity contribution in [1.29, 1.82) is 0 Å². The number of benzene rings is 1. The summed E-state index contributed by atoms with van der Waals surface area (Å²) < 4.78 is 10.9. The van der Waals surface area contributed by atoms with Crippen LogP contribution in [0.3, 0.4) is 0 Å². The molecule has 0 N–H and O–H groups in total. The molecule has 1 saturated heterocycles. The number of rotatable bonds is 5. The molecule has 4 heteroatoms. The zero-order valence-electron chi connectivity index (χ0n) is 8.66. The normalized spacial score (nSPS) is 22.9. The van der Waals surface area contributed by atoms with Crippen molar-refractivity contribution in [1.82, 2.24) is 0 Å². The van der Waals surface area contributed by atoms with Gasteiger partial charge in [-0.1, -0.05) is 35.3 Å².